The van der Waals surface area contributed by atoms with E-state index in [-0.39, 0.29) is 18.3 Å². The van der Waals surface area contributed by atoms with Crippen molar-refractivity contribution >= 4 is 5.91 Å². The van der Waals surface area contributed by atoms with Crippen LogP contribution in [0.3, 0.4) is 0 Å². The Hall–Kier alpha value is -1.62. The van der Waals surface area contributed by atoms with Crippen LogP contribution < -0.4 is 10.1 Å². The molecule has 116 valence electrons. The molecule has 1 aromatic rings. The second-order valence-corrected chi connectivity index (χ2v) is 5.70. The largest absolute Gasteiger partial charge is 0.481 e. The van der Waals surface area contributed by atoms with Crippen LogP contribution in [0, 0.1) is 5.82 Å². The number of aliphatic hydroxyl groups excluding tert-OH is 1. The Morgan fingerprint density at radius 3 is 2.52 bits per heavy atom. The van der Waals surface area contributed by atoms with Crippen LogP contribution in [-0.2, 0) is 4.79 Å². The molecule has 1 aliphatic carbocycles. The molecule has 0 aliphatic heterocycles. The second-order valence-electron chi connectivity index (χ2n) is 5.70. The molecule has 0 aromatic heterocycles. The van der Waals surface area contributed by atoms with Gasteiger partial charge in [-0.05, 0) is 44.0 Å². The van der Waals surface area contributed by atoms with E-state index in [4.69, 9.17) is 4.74 Å². The van der Waals surface area contributed by atoms with Crippen LogP contribution >= 0.6 is 0 Å². The van der Waals surface area contributed by atoms with Gasteiger partial charge < -0.3 is 15.2 Å². The maximum absolute atomic E-state index is 12.8. The van der Waals surface area contributed by atoms with Crippen molar-refractivity contribution in [3.05, 3.63) is 30.1 Å². The number of amides is 1. The Morgan fingerprint density at radius 2 is 1.95 bits per heavy atom. The van der Waals surface area contributed by atoms with Crippen molar-refractivity contribution in [3.63, 3.8) is 0 Å². The normalized spacial score (nSPS) is 18.8. The van der Waals surface area contributed by atoms with E-state index in [1.54, 1.807) is 6.92 Å². The number of benzene rings is 1. The van der Waals surface area contributed by atoms with E-state index in [0.717, 1.165) is 32.1 Å². The van der Waals surface area contributed by atoms with E-state index < -0.39 is 11.6 Å². The van der Waals surface area contributed by atoms with Gasteiger partial charge in [0.25, 0.3) is 5.91 Å². The Balaban J connectivity index is 1.93. The molecule has 5 heteroatoms. The molecule has 1 fully saturated rings. The third-order valence-electron chi connectivity index (χ3n) is 4.00. The van der Waals surface area contributed by atoms with E-state index in [2.05, 4.69) is 5.32 Å². The molecule has 2 N–H and O–H groups in total. The Labute approximate surface area is 124 Å². The van der Waals surface area contributed by atoms with Crippen molar-refractivity contribution in [1.29, 1.82) is 0 Å². The predicted octanol–water partition coefficient (Wildman–Crippen LogP) is 2.40. The van der Waals surface area contributed by atoms with Crippen LogP contribution in [0.1, 0.15) is 39.0 Å². The molecule has 0 bridgehead atoms. The summed E-state index contributed by atoms with van der Waals surface area (Å²) in [5, 5.41) is 12.5. The molecule has 1 atom stereocenters. The molecule has 1 unspecified atom stereocenters. The van der Waals surface area contributed by atoms with Gasteiger partial charge in [0.2, 0.25) is 0 Å². The zero-order valence-corrected chi connectivity index (χ0v) is 12.3. The van der Waals surface area contributed by atoms with Crippen LogP contribution in [0.4, 0.5) is 4.39 Å². The molecule has 0 saturated heterocycles. The number of hydrogen-bond donors (Lipinski definition) is 2. The molecule has 0 spiro atoms. The summed E-state index contributed by atoms with van der Waals surface area (Å²) in [4.78, 5) is 12.2. The van der Waals surface area contributed by atoms with Crippen LogP contribution in [0.25, 0.3) is 0 Å². The smallest absolute Gasteiger partial charge is 0.261 e. The van der Waals surface area contributed by atoms with Gasteiger partial charge in [-0.15, -0.1) is 0 Å². The zero-order chi connectivity index (χ0) is 15.3. The van der Waals surface area contributed by atoms with Gasteiger partial charge in [0.1, 0.15) is 11.6 Å². The van der Waals surface area contributed by atoms with Crippen LogP contribution in [0.5, 0.6) is 5.75 Å². The zero-order valence-electron chi connectivity index (χ0n) is 12.3. The Kier molecular flexibility index (Phi) is 5.17. The number of nitrogens with one attached hydrogen (secondary N) is 1. The Bertz CT molecular complexity index is 469. The van der Waals surface area contributed by atoms with Crippen molar-refractivity contribution in [3.8, 4) is 5.75 Å². The topological polar surface area (TPSA) is 58.6 Å². The fraction of sp³-hybridized carbons (Fsp3) is 0.562. The molecule has 4 nitrogen and oxygen atoms in total. The highest BCUT2D eigenvalue weighted by atomic mass is 19.1. The lowest BCUT2D eigenvalue weighted by molar-refractivity contribution is -0.130. The van der Waals surface area contributed by atoms with Crippen molar-refractivity contribution in [2.24, 2.45) is 0 Å². The van der Waals surface area contributed by atoms with Gasteiger partial charge in [0, 0.05) is 0 Å². The highest BCUT2D eigenvalue weighted by Gasteiger charge is 2.34. The van der Waals surface area contributed by atoms with Gasteiger partial charge in [0.05, 0.1) is 12.1 Å². The molecule has 1 saturated carbocycles. The fourth-order valence-electron chi connectivity index (χ4n) is 2.68. The number of halogens is 1. The monoisotopic (exact) mass is 295 g/mol. The maximum atomic E-state index is 12.8. The minimum Gasteiger partial charge on any atom is -0.481 e. The third kappa shape index (κ3) is 4.17. The van der Waals surface area contributed by atoms with Gasteiger partial charge >= 0.3 is 0 Å². The quantitative estimate of drug-likeness (QED) is 0.877. The van der Waals surface area contributed by atoms with E-state index in [9.17, 15) is 14.3 Å². The number of carbonyl (C=O) groups is 1. The number of carbonyl (C=O) groups excluding carboxylic acids is 1. The summed E-state index contributed by atoms with van der Waals surface area (Å²) in [6.45, 7) is 1.59. The number of hydrogen-bond acceptors (Lipinski definition) is 3. The minimum absolute atomic E-state index is 0.0536. The van der Waals surface area contributed by atoms with Crippen molar-refractivity contribution in [2.45, 2.75) is 50.7 Å². The molecule has 21 heavy (non-hydrogen) atoms. The minimum atomic E-state index is -0.694. The first-order valence-corrected chi connectivity index (χ1v) is 7.40. The second kappa shape index (κ2) is 6.89. The lowest BCUT2D eigenvalue weighted by Crippen LogP contribution is -2.55. The average Bonchev–Trinajstić information content (AvgIpc) is 2.50. The predicted molar refractivity (Wildman–Crippen MR) is 77.5 cm³/mol. The molecule has 0 heterocycles. The molecular formula is C16H22FNO3. The van der Waals surface area contributed by atoms with Crippen LogP contribution in [0.15, 0.2) is 24.3 Å². The lowest BCUT2D eigenvalue weighted by Gasteiger charge is -2.37. The molecule has 0 radical (unpaired) electrons. The van der Waals surface area contributed by atoms with Crippen molar-refractivity contribution in [1.82, 2.24) is 5.32 Å². The molecular weight excluding hydrogens is 273 g/mol. The highest BCUT2D eigenvalue weighted by Crippen LogP contribution is 2.28. The maximum Gasteiger partial charge on any atom is 0.261 e. The van der Waals surface area contributed by atoms with Crippen LogP contribution in [0.2, 0.25) is 0 Å². The summed E-state index contributed by atoms with van der Waals surface area (Å²) in [7, 11) is 0. The van der Waals surface area contributed by atoms with E-state index in [1.165, 1.54) is 24.3 Å². The summed E-state index contributed by atoms with van der Waals surface area (Å²) in [5.41, 5.74) is -0.518. The summed E-state index contributed by atoms with van der Waals surface area (Å²) >= 11 is 0. The SMILES string of the molecule is CC(Oc1ccc(F)cc1)C(=O)NC1(CO)CCCCC1. The molecule has 1 amide bonds. The van der Waals surface area contributed by atoms with Gasteiger partial charge in [-0.3, -0.25) is 4.79 Å². The summed E-state index contributed by atoms with van der Waals surface area (Å²) in [6.07, 6.45) is 4.04. The number of ether oxygens (including phenoxy) is 1. The summed E-state index contributed by atoms with van der Waals surface area (Å²) in [6, 6.07) is 5.55. The van der Waals surface area contributed by atoms with Crippen LogP contribution in [-0.4, -0.2) is 29.3 Å². The van der Waals surface area contributed by atoms with E-state index in [1.807, 2.05) is 0 Å². The van der Waals surface area contributed by atoms with Gasteiger partial charge in [-0.2, -0.15) is 0 Å². The van der Waals surface area contributed by atoms with Gasteiger partial charge in [0.15, 0.2) is 6.10 Å². The average molecular weight is 295 g/mol. The van der Waals surface area contributed by atoms with E-state index >= 15 is 0 Å². The molecule has 2 rings (SSSR count). The number of aliphatic hydroxyl groups is 1. The number of rotatable bonds is 5. The Morgan fingerprint density at radius 1 is 1.33 bits per heavy atom. The van der Waals surface area contributed by atoms with Crippen molar-refractivity contribution in [2.75, 3.05) is 6.61 Å². The summed E-state index contributed by atoms with van der Waals surface area (Å²) < 4.78 is 18.3. The van der Waals surface area contributed by atoms with Gasteiger partial charge in [-0.1, -0.05) is 19.3 Å². The molecule has 1 aliphatic rings. The summed E-state index contributed by atoms with van der Waals surface area (Å²) in [5.74, 6) is -0.156. The lowest BCUT2D eigenvalue weighted by atomic mass is 9.82. The first kappa shape index (κ1) is 15.8. The standard InChI is InChI=1S/C16H22FNO3/c1-12(21-14-7-5-13(17)6-8-14)15(20)18-16(11-19)9-3-2-4-10-16/h5-8,12,19H,2-4,9-11H2,1H3,(H,18,20). The molecule has 1 aromatic carbocycles. The first-order valence-electron chi connectivity index (χ1n) is 7.40. The van der Waals surface area contributed by atoms with Crippen molar-refractivity contribution < 1.29 is 19.0 Å². The first-order chi connectivity index (χ1) is 10.0. The third-order valence-corrected chi connectivity index (χ3v) is 4.00. The fourth-order valence-corrected chi connectivity index (χ4v) is 2.68. The van der Waals surface area contributed by atoms with E-state index in [0.29, 0.717) is 5.75 Å². The highest BCUT2D eigenvalue weighted by molar-refractivity contribution is 5.81. The van der Waals surface area contributed by atoms with Gasteiger partial charge in [-0.25, -0.2) is 4.39 Å².